The minimum Gasteiger partial charge on any atom is -0.355 e. The van der Waals surface area contributed by atoms with Gasteiger partial charge in [0.15, 0.2) is 0 Å². The van der Waals surface area contributed by atoms with Gasteiger partial charge in [0.1, 0.15) is 12.4 Å². The molecule has 0 aliphatic carbocycles. The highest BCUT2D eigenvalue weighted by atomic mass is 35.5. The van der Waals surface area contributed by atoms with Crippen LogP contribution in [-0.2, 0) is 19.6 Å². The zero-order valence-electron chi connectivity index (χ0n) is 15.3. The first-order valence-corrected chi connectivity index (χ1v) is 10.3. The summed E-state index contributed by atoms with van der Waals surface area (Å²) in [5.41, 5.74) is 5.85. The normalized spacial score (nSPS) is 21.4. The van der Waals surface area contributed by atoms with E-state index in [-0.39, 0.29) is 47.4 Å². The molecule has 2 aliphatic heterocycles. The van der Waals surface area contributed by atoms with Crippen LogP contribution in [0.5, 0.6) is 0 Å². The molecular weight excluding hydrogens is 406 g/mol. The summed E-state index contributed by atoms with van der Waals surface area (Å²) < 4.78 is 26.5. The van der Waals surface area contributed by atoms with E-state index in [4.69, 9.17) is 5.73 Å². The third kappa shape index (κ3) is 4.81. The van der Waals surface area contributed by atoms with Gasteiger partial charge in [-0.25, -0.2) is 8.42 Å². The van der Waals surface area contributed by atoms with Gasteiger partial charge in [-0.2, -0.15) is 0 Å². The first-order chi connectivity index (χ1) is 12.9. The van der Waals surface area contributed by atoms with Crippen molar-refractivity contribution in [2.24, 2.45) is 16.6 Å². The molecule has 1 unspecified atom stereocenters. The van der Waals surface area contributed by atoms with Gasteiger partial charge in [0.05, 0.1) is 10.8 Å². The Labute approximate surface area is 170 Å². The molecule has 1 aromatic rings. The Kier molecular flexibility index (Phi) is 7.39. The van der Waals surface area contributed by atoms with Crippen molar-refractivity contribution in [3.8, 4) is 0 Å². The molecule has 1 atom stereocenters. The highest BCUT2D eigenvalue weighted by molar-refractivity contribution is 7.90. The van der Waals surface area contributed by atoms with Crippen molar-refractivity contribution in [1.82, 2.24) is 14.9 Å². The van der Waals surface area contributed by atoms with E-state index in [9.17, 15) is 18.0 Å². The quantitative estimate of drug-likeness (QED) is 0.578. The molecule has 1 saturated heterocycles. The monoisotopic (exact) mass is 429 g/mol. The lowest BCUT2D eigenvalue weighted by atomic mass is 9.97. The van der Waals surface area contributed by atoms with Crippen LogP contribution in [0.1, 0.15) is 18.4 Å². The predicted octanol–water partition coefficient (Wildman–Crippen LogP) is -0.540. The van der Waals surface area contributed by atoms with Gasteiger partial charge in [-0.05, 0) is 25.0 Å². The molecule has 9 nitrogen and oxygen atoms in total. The van der Waals surface area contributed by atoms with Gasteiger partial charge in [0.2, 0.25) is 11.8 Å². The van der Waals surface area contributed by atoms with Gasteiger partial charge >= 0.3 is 0 Å². The van der Waals surface area contributed by atoms with Crippen molar-refractivity contribution in [2.45, 2.75) is 17.7 Å². The number of piperidine rings is 1. The number of benzene rings is 1. The average molecular weight is 430 g/mol. The lowest BCUT2D eigenvalue weighted by molar-refractivity contribution is -0.134. The lowest BCUT2D eigenvalue weighted by Crippen LogP contribution is -2.46. The Morgan fingerprint density at radius 2 is 2.07 bits per heavy atom. The highest BCUT2D eigenvalue weighted by Gasteiger charge is 2.31. The van der Waals surface area contributed by atoms with Crippen LogP contribution in [0.2, 0.25) is 0 Å². The number of hydrogen-bond acceptors (Lipinski definition) is 6. The first kappa shape index (κ1) is 22.1. The van der Waals surface area contributed by atoms with Crippen molar-refractivity contribution in [2.75, 3.05) is 32.7 Å². The fraction of sp³-hybridized carbons (Fsp3) is 0.471. The van der Waals surface area contributed by atoms with Crippen LogP contribution in [0, 0.1) is 5.92 Å². The molecule has 28 heavy (non-hydrogen) atoms. The number of nitrogens with two attached hydrogens (primary N) is 1. The van der Waals surface area contributed by atoms with Crippen LogP contribution in [-0.4, -0.2) is 63.7 Å². The molecule has 11 heteroatoms. The summed E-state index contributed by atoms with van der Waals surface area (Å²) in [5, 5.41) is 2.75. The van der Waals surface area contributed by atoms with E-state index in [2.05, 4.69) is 15.0 Å². The Morgan fingerprint density at radius 1 is 1.32 bits per heavy atom. The Hall–Kier alpha value is -2.17. The maximum atomic E-state index is 12.5. The fourth-order valence-corrected chi connectivity index (χ4v) is 4.51. The lowest BCUT2D eigenvalue weighted by Gasteiger charge is -2.31. The smallest absolute Gasteiger partial charge is 0.263 e. The molecule has 0 bridgehead atoms. The zero-order chi connectivity index (χ0) is 19.4. The number of nitrogens with one attached hydrogen (secondary N) is 2. The minimum atomic E-state index is -3.63. The predicted molar refractivity (Wildman–Crippen MR) is 107 cm³/mol. The van der Waals surface area contributed by atoms with E-state index in [1.807, 2.05) is 0 Å². The van der Waals surface area contributed by atoms with E-state index in [0.717, 1.165) is 12.8 Å². The Morgan fingerprint density at radius 3 is 2.82 bits per heavy atom. The number of halogens is 1. The largest absolute Gasteiger partial charge is 0.355 e. The van der Waals surface area contributed by atoms with Crippen LogP contribution in [0.25, 0.3) is 0 Å². The number of hydrogen-bond donors (Lipinski definition) is 3. The second-order valence-corrected chi connectivity index (χ2v) is 8.18. The molecule has 2 heterocycles. The van der Waals surface area contributed by atoms with Gasteiger partial charge in [0.25, 0.3) is 10.0 Å². The summed E-state index contributed by atoms with van der Waals surface area (Å²) in [6, 6.07) is 6.50. The van der Waals surface area contributed by atoms with Gasteiger partial charge in [-0.1, -0.05) is 12.1 Å². The number of amidine groups is 1. The molecule has 4 N–H and O–H groups in total. The van der Waals surface area contributed by atoms with Gasteiger partial charge < -0.3 is 16.0 Å². The van der Waals surface area contributed by atoms with E-state index >= 15 is 0 Å². The molecule has 0 radical (unpaired) electrons. The molecule has 154 valence electrons. The summed E-state index contributed by atoms with van der Waals surface area (Å²) in [7, 11) is -3.63. The second kappa shape index (κ2) is 9.35. The minimum absolute atomic E-state index is 0. The van der Waals surface area contributed by atoms with Crippen LogP contribution in [0.4, 0.5) is 0 Å². The molecule has 2 aliphatic rings. The number of carbonyl (C=O) groups excluding carboxylic acids is 2. The van der Waals surface area contributed by atoms with E-state index < -0.39 is 10.0 Å². The SMILES string of the molecule is Cl.NCCNC(=O)C1CCCN(C(=O)CN=C2NS(=O)(=O)c3ccccc32)C1. The maximum absolute atomic E-state index is 12.5. The molecule has 1 fully saturated rings. The summed E-state index contributed by atoms with van der Waals surface area (Å²) in [6.07, 6.45) is 1.46. The van der Waals surface area contributed by atoms with E-state index in [0.29, 0.717) is 31.7 Å². The summed E-state index contributed by atoms with van der Waals surface area (Å²) in [5.74, 6) is -0.412. The van der Waals surface area contributed by atoms with Crippen molar-refractivity contribution in [3.63, 3.8) is 0 Å². The number of carbonyl (C=O) groups is 2. The highest BCUT2D eigenvalue weighted by Crippen LogP contribution is 2.22. The van der Waals surface area contributed by atoms with Crippen molar-refractivity contribution in [3.05, 3.63) is 29.8 Å². The molecule has 1 aromatic carbocycles. The molecule has 0 spiro atoms. The van der Waals surface area contributed by atoms with E-state index in [1.165, 1.54) is 6.07 Å². The van der Waals surface area contributed by atoms with E-state index in [1.54, 1.807) is 23.1 Å². The molecule has 0 aromatic heterocycles. The topological polar surface area (TPSA) is 134 Å². The number of likely N-dealkylation sites (tertiary alicyclic amines) is 1. The van der Waals surface area contributed by atoms with Crippen LogP contribution in [0.15, 0.2) is 34.2 Å². The van der Waals surface area contributed by atoms with Crippen molar-refractivity contribution < 1.29 is 18.0 Å². The van der Waals surface area contributed by atoms with Gasteiger partial charge in [-0.15, -0.1) is 12.4 Å². The standard InChI is InChI=1S/C17H23N5O4S.ClH/c18-7-8-19-17(24)12-4-3-9-22(11-12)15(23)10-20-16-13-5-1-2-6-14(13)27(25,26)21-16;/h1-2,5-6,12H,3-4,7-11,18H2,(H,19,24)(H,20,21);1H. The summed E-state index contributed by atoms with van der Waals surface area (Å²) in [4.78, 5) is 30.5. The van der Waals surface area contributed by atoms with Gasteiger partial charge in [-0.3, -0.25) is 19.3 Å². The molecule has 2 amide bonds. The fourth-order valence-electron chi connectivity index (χ4n) is 3.26. The van der Waals surface area contributed by atoms with Gasteiger partial charge in [0, 0.05) is 31.7 Å². The Bertz CT molecular complexity index is 874. The number of aliphatic imine (C=N–C) groups is 1. The zero-order valence-corrected chi connectivity index (χ0v) is 16.9. The summed E-state index contributed by atoms with van der Waals surface area (Å²) >= 11 is 0. The summed E-state index contributed by atoms with van der Waals surface area (Å²) in [6.45, 7) is 1.50. The van der Waals surface area contributed by atoms with Crippen LogP contribution >= 0.6 is 12.4 Å². The molecule has 0 saturated carbocycles. The second-order valence-electron chi connectivity index (χ2n) is 6.53. The van der Waals surface area contributed by atoms with Crippen molar-refractivity contribution >= 4 is 40.1 Å². The molecule has 3 rings (SSSR count). The van der Waals surface area contributed by atoms with Crippen molar-refractivity contribution in [1.29, 1.82) is 0 Å². The third-order valence-corrected chi connectivity index (χ3v) is 6.02. The number of amides is 2. The maximum Gasteiger partial charge on any atom is 0.263 e. The number of sulfonamides is 1. The average Bonchev–Trinajstić information content (AvgIpc) is 2.95. The number of rotatable bonds is 5. The Balaban J connectivity index is 0.00000280. The molecular formula is C17H24ClN5O4S. The van der Waals surface area contributed by atoms with Crippen LogP contribution < -0.4 is 15.8 Å². The first-order valence-electron chi connectivity index (χ1n) is 8.84. The number of fused-ring (bicyclic) bond motifs is 1. The third-order valence-electron chi connectivity index (χ3n) is 4.62. The van der Waals surface area contributed by atoms with Crippen LogP contribution in [0.3, 0.4) is 0 Å². The number of nitrogens with zero attached hydrogens (tertiary/aromatic N) is 2.